The van der Waals surface area contributed by atoms with E-state index < -0.39 is 0 Å². The third-order valence-electron chi connectivity index (χ3n) is 7.12. The number of aromatic nitrogens is 2. The van der Waals surface area contributed by atoms with Gasteiger partial charge in [-0.05, 0) is 49.6 Å². The SMILES string of the molecule is C[C@@H]1Cc2c([nH]c3ccccc23)[C@@H](c2ccc(OC3CN(CCCF)C3)cn2)N1C1=C=CC1.[HH]. The molecular weight excluding hydrogens is 415 g/mol. The highest BCUT2D eigenvalue weighted by molar-refractivity contribution is 5.85. The van der Waals surface area contributed by atoms with Crippen LogP contribution in [0, 0.1) is 0 Å². The van der Waals surface area contributed by atoms with Gasteiger partial charge in [-0.2, -0.15) is 0 Å². The fourth-order valence-electron chi connectivity index (χ4n) is 5.43. The Morgan fingerprint density at radius 1 is 1.24 bits per heavy atom. The maximum Gasteiger partial charge on any atom is 0.138 e. The predicted octanol–water partition coefficient (Wildman–Crippen LogP) is 5.01. The molecule has 0 saturated carbocycles. The van der Waals surface area contributed by atoms with Crippen molar-refractivity contribution in [2.45, 2.75) is 44.4 Å². The van der Waals surface area contributed by atoms with E-state index in [9.17, 15) is 4.39 Å². The molecule has 0 bridgehead atoms. The van der Waals surface area contributed by atoms with Crippen LogP contribution in [0.3, 0.4) is 0 Å². The summed E-state index contributed by atoms with van der Waals surface area (Å²) in [6, 6.07) is 13.1. The molecule has 0 unspecified atom stereocenters. The maximum absolute atomic E-state index is 12.4. The van der Waals surface area contributed by atoms with Gasteiger partial charge in [-0.25, -0.2) is 0 Å². The molecule has 4 heterocycles. The largest absolute Gasteiger partial charge is 0.486 e. The fraction of sp³-hybridized carbons (Fsp3) is 0.407. The maximum atomic E-state index is 12.4. The number of hydrogen-bond donors (Lipinski definition) is 1. The topological polar surface area (TPSA) is 44.4 Å². The average Bonchev–Trinajstić information content (AvgIpc) is 3.13. The second kappa shape index (κ2) is 8.36. The molecule has 2 aliphatic heterocycles. The first-order valence-corrected chi connectivity index (χ1v) is 11.9. The average molecular weight is 447 g/mol. The van der Waals surface area contributed by atoms with Gasteiger partial charge in [-0.1, -0.05) is 18.2 Å². The Morgan fingerprint density at radius 3 is 2.82 bits per heavy atom. The molecule has 6 rings (SSSR count). The molecule has 5 nitrogen and oxygen atoms in total. The molecule has 6 heteroatoms. The zero-order chi connectivity index (χ0) is 22.4. The molecule has 1 aliphatic carbocycles. The molecular formula is C27H31FN4O. The number of para-hydroxylation sites is 1. The van der Waals surface area contributed by atoms with Gasteiger partial charge in [-0.15, -0.1) is 5.73 Å². The lowest BCUT2D eigenvalue weighted by Gasteiger charge is -2.43. The molecule has 2 atom stereocenters. The summed E-state index contributed by atoms with van der Waals surface area (Å²) in [6.45, 7) is 4.56. The predicted molar refractivity (Wildman–Crippen MR) is 129 cm³/mol. The Kier molecular flexibility index (Phi) is 5.20. The van der Waals surface area contributed by atoms with Crippen molar-refractivity contribution in [2.75, 3.05) is 26.3 Å². The summed E-state index contributed by atoms with van der Waals surface area (Å²) < 4.78 is 18.5. The first-order chi connectivity index (χ1) is 16.2. The van der Waals surface area contributed by atoms with E-state index in [1.54, 1.807) is 0 Å². The van der Waals surface area contributed by atoms with Gasteiger partial charge < -0.3 is 14.6 Å². The number of H-pyrrole nitrogens is 1. The molecule has 3 aliphatic rings. The molecule has 1 fully saturated rings. The number of alkyl halides is 1. The molecule has 0 amide bonds. The van der Waals surface area contributed by atoms with Crippen LogP contribution in [-0.2, 0) is 6.42 Å². The van der Waals surface area contributed by atoms with Crippen molar-refractivity contribution < 1.29 is 10.6 Å². The van der Waals surface area contributed by atoms with Gasteiger partial charge in [0.15, 0.2) is 0 Å². The Hall–Kier alpha value is -3.08. The van der Waals surface area contributed by atoms with E-state index in [-0.39, 0.29) is 20.2 Å². The highest BCUT2D eigenvalue weighted by atomic mass is 19.1. The van der Waals surface area contributed by atoms with Crippen molar-refractivity contribution in [1.29, 1.82) is 0 Å². The van der Waals surface area contributed by atoms with Gasteiger partial charge in [-0.3, -0.25) is 14.3 Å². The zero-order valence-electron chi connectivity index (χ0n) is 18.9. The number of pyridine rings is 1. The number of fused-ring (bicyclic) bond motifs is 3. The van der Waals surface area contributed by atoms with E-state index in [4.69, 9.17) is 9.72 Å². The smallest absolute Gasteiger partial charge is 0.138 e. The number of likely N-dealkylation sites (tertiary alicyclic amines) is 1. The van der Waals surface area contributed by atoms with Gasteiger partial charge in [0.25, 0.3) is 0 Å². The number of rotatable bonds is 7. The van der Waals surface area contributed by atoms with Gasteiger partial charge >= 0.3 is 0 Å². The number of aromatic amines is 1. The van der Waals surface area contributed by atoms with Crippen molar-refractivity contribution in [3.05, 3.63) is 77.1 Å². The first-order valence-electron chi connectivity index (χ1n) is 11.9. The number of benzene rings is 1. The van der Waals surface area contributed by atoms with Gasteiger partial charge in [0.1, 0.15) is 17.9 Å². The summed E-state index contributed by atoms with van der Waals surface area (Å²) in [5.74, 6) is 0.795. The minimum Gasteiger partial charge on any atom is -0.486 e. The van der Waals surface area contributed by atoms with Crippen LogP contribution < -0.4 is 4.74 Å². The molecule has 172 valence electrons. The van der Waals surface area contributed by atoms with Gasteiger partial charge in [0.2, 0.25) is 0 Å². The van der Waals surface area contributed by atoms with Gasteiger partial charge in [0, 0.05) is 50.1 Å². The minimum atomic E-state index is -0.255. The molecule has 3 aromatic rings. The summed E-state index contributed by atoms with van der Waals surface area (Å²) in [6.07, 6.45) is 6.67. The first kappa shape index (κ1) is 20.5. The van der Waals surface area contributed by atoms with Crippen LogP contribution in [0.1, 0.15) is 44.2 Å². The van der Waals surface area contributed by atoms with Crippen molar-refractivity contribution in [2.24, 2.45) is 0 Å². The van der Waals surface area contributed by atoms with Crippen LogP contribution >= 0.6 is 0 Å². The zero-order valence-corrected chi connectivity index (χ0v) is 18.9. The lowest BCUT2D eigenvalue weighted by atomic mass is 9.89. The molecule has 0 radical (unpaired) electrons. The lowest BCUT2D eigenvalue weighted by molar-refractivity contribution is 0.0182. The minimum absolute atomic E-state index is 0. The summed E-state index contributed by atoms with van der Waals surface area (Å²) in [7, 11) is 0. The highest BCUT2D eigenvalue weighted by Gasteiger charge is 2.38. The molecule has 1 N–H and O–H groups in total. The summed E-state index contributed by atoms with van der Waals surface area (Å²) >= 11 is 0. The molecule has 33 heavy (non-hydrogen) atoms. The van der Waals surface area contributed by atoms with Crippen LogP contribution in [-0.4, -0.2) is 58.2 Å². The van der Waals surface area contributed by atoms with Crippen molar-refractivity contribution >= 4 is 10.9 Å². The Morgan fingerprint density at radius 2 is 2.09 bits per heavy atom. The molecule has 1 aromatic carbocycles. The van der Waals surface area contributed by atoms with E-state index in [0.717, 1.165) is 43.9 Å². The fourth-order valence-corrected chi connectivity index (χ4v) is 5.43. The number of halogens is 1. The van der Waals surface area contributed by atoms with E-state index >= 15 is 0 Å². The number of nitrogens with zero attached hydrogens (tertiary/aromatic N) is 3. The van der Waals surface area contributed by atoms with Crippen LogP contribution in [0.2, 0.25) is 0 Å². The number of hydrogen-bond acceptors (Lipinski definition) is 4. The Bertz CT molecular complexity index is 1230. The van der Waals surface area contributed by atoms with Crippen molar-refractivity contribution in [3.63, 3.8) is 0 Å². The van der Waals surface area contributed by atoms with E-state index in [0.29, 0.717) is 12.5 Å². The van der Waals surface area contributed by atoms with Crippen LogP contribution in [0.5, 0.6) is 5.75 Å². The highest BCUT2D eigenvalue weighted by Crippen LogP contribution is 2.43. The van der Waals surface area contributed by atoms with Crippen LogP contribution in [0.15, 0.2) is 60.1 Å². The quantitative estimate of drug-likeness (QED) is 0.518. The summed E-state index contributed by atoms with van der Waals surface area (Å²) in [4.78, 5) is 13.3. The number of ether oxygens (including phenoxy) is 1. The standard InChI is InChI=1S/C27H29FN4O.H2/c1-18-14-23-22-8-2-3-9-24(22)30-26(23)27(32(18)19-6-4-7-19)25-11-10-20(15-29-25)33-21-16-31(17-21)13-5-12-28;/h2-4,8-11,15,18,21,27,30H,5-6,12-14,16-17H2,1H3;1H/t18-,27-;/m1./s1. The van der Waals surface area contributed by atoms with Crippen molar-refractivity contribution in [1.82, 2.24) is 19.8 Å². The van der Waals surface area contributed by atoms with Crippen LogP contribution in [0.25, 0.3) is 10.9 Å². The van der Waals surface area contributed by atoms with Gasteiger partial charge in [0.05, 0.1) is 24.3 Å². The molecule has 1 saturated heterocycles. The second-order valence-corrected chi connectivity index (χ2v) is 9.39. The van der Waals surface area contributed by atoms with Crippen LogP contribution in [0.4, 0.5) is 4.39 Å². The molecule has 2 aromatic heterocycles. The Labute approximate surface area is 195 Å². The third kappa shape index (κ3) is 3.64. The van der Waals surface area contributed by atoms with E-state index in [1.807, 2.05) is 12.3 Å². The second-order valence-electron chi connectivity index (χ2n) is 9.39. The molecule has 0 spiro atoms. The van der Waals surface area contributed by atoms with E-state index in [2.05, 4.69) is 63.8 Å². The third-order valence-corrected chi connectivity index (χ3v) is 7.12. The summed E-state index contributed by atoms with van der Waals surface area (Å²) in [5, 5.41) is 1.31. The normalized spacial score (nSPS) is 22.6. The van der Waals surface area contributed by atoms with E-state index in [1.165, 1.54) is 27.9 Å². The summed E-state index contributed by atoms with van der Waals surface area (Å²) in [5.41, 5.74) is 9.49. The lowest BCUT2D eigenvalue weighted by Crippen LogP contribution is -2.53. The monoisotopic (exact) mass is 446 g/mol. The van der Waals surface area contributed by atoms with Crippen molar-refractivity contribution in [3.8, 4) is 5.75 Å². The number of nitrogens with one attached hydrogen (secondary N) is 1. The Balaban J connectivity index is 0.00000241.